The number of benzene rings is 2. The van der Waals surface area contributed by atoms with Gasteiger partial charge in [-0.25, -0.2) is 13.1 Å². The first-order chi connectivity index (χ1) is 15.3. The Morgan fingerprint density at radius 1 is 1.06 bits per heavy atom. The maximum atomic E-state index is 12.9. The number of fused-ring (bicyclic) bond motifs is 1. The summed E-state index contributed by atoms with van der Waals surface area (Å²) in [5.41, 5.74) is 1.05. The van der Waals surface area contributed by atoms with Crippen LogP contribution in [0.4, 0.5) is 0 Å². The fraction of sp³-hybridized carbons (Fsp3) is 0.435. The van der Waals surface area contributed by atoms with Crippen LogP contribution in [0.5, 0.6) is 11.5 Å². The molecule has 2 aliphatic heterocycles. The van der Waals surface area contributed by atoms with Crippen molar-refractivity contribution in [2.45, 2.75) is 43.0 Å². The van der Waals surface area contributed by atoms with Crippen molar-refractivity contribution in [3.63, 3.8) is 0 Å². The fourth-order valence-electron chi connectivity index (χ4n) is 4.09. The highest BCUT2D eigenvalue weighted by Crippen LogP contribution is 2.40. The standard InChI is InChI=1S/C23H28N2O6S/c1-16(2)25-32(27,28)19-5-3-4-17(12-19)22(26)24-14-23(8-10-29-11-9-23)18-6-7-20-21(13-18)31-15-30-20/h3-7,12-13,16,25H,8-11,14-15H2,1-2H3,(H,24,26). The zero-order valence-electron chi connectivity index (χ0n) is 18.2. The molecule has 9 heteroatoms. The number of carbonyl (C=O) groups excluding carboxylic acids is 1. The Kier molecular flexibility index (Phi) is 6.41. The molecule has 172 valence electrons. The summed E-state index contributed by atoms with van der Waals surface area (Å²) in [5.74, 6) is 1.10. The van der Waals surface area contributed by atoms with E-state index in [0.29, 0.717) is 36.8 Å². The lowest BCUT2D eigenvalue weighted by Crippen LogP contribution is -2.44. The minimum absolute atomic E-state index is 0.0652. The normalized spacial score (nSPS) is 17.3. The lowest BCUT2D eigenvalue weighted by molar-refractivity contribution is 0.0486. The molecular weight excluding hydrogens is 432 g/mol. The molecule has 1 saturated heterocycles. The molecule has 1 amide bonds. The summed E-state index contributed by atoms with van der Waals surface area (Å²) in [5, 5.41) is 3.01. The van der Waals surface area contributed by atoms with E-state index in [9.17, 15) is 13.2 Å². The summed E-state index contributed by atoms with van der Waals surface area (Å²) < 4.78 is 44.0. The topological polar surface area (TPSA) is 103 Å². The van der Waals surface area contributed by atoms with Crippen LogP contribution >= 0.6 is 0 Å². The third-order valence-electron chi connectivity index (χ3n) is 5.82. The van der Waals surface area contributed by atoms with Crippen LogP contribution in [0, 0.1) is 0 Å². The van der Waals surface area contributed by atoms with Gasteiger partial charge in [-0.05, 0) is 62.6 Å². The molecule has 2 heterocycles. The summed E-state index contributed by atoms with van der Waals surface area (Å²) in [7, 11) is -3.68. The van der Waals surface area contributed by atoms with Crippen LogP contribution in [0.1, 0.15) is 42.6 Å². The van der Waals surface area contributed by atoms with E-state index in [4.69, 9.17) is 14.2 Å². The molecule has 2 N–H and O–H groups in total. The molecule has 1 fully saturated rings. The van der Waals surface area contributed by atoms with E-state index >= 15 is 0 Å². The molecule has 0 aromatic heterocycles. The van der Waals surface area contributed by atoms with E-state index in [0.717, 1.165) is 18.4 Å². The van der Waals surface area contributed by atoms with Gasteiger partial charge in [0, 0.05) is 36.8 Å². The Labute approximate surface area is 188 Å². The van der Waals surface area contributed by atoms with Crippen molar-refractivity contribution < 1.29 is 27.4 Å². The zero-order chi connectivity index (χ0) is 22.8. The molecule has 0 aliphatic carbocycles. The van der Waals surface area contributed by atoms with Crippen molar-refractivity contribution in [1.82, 2.24) is 10.0 Å². The molecule has 0 atom stereocenters. The predicted octanol–water partition coefficient (Wildman–Crippen LogP) is 2.58. The van der Waals surface area contributed by atoms with Crippen molar-refractivity contribution in [2.75, 3.05) is 26.6 Å². The quantitative estimate of drug-likeness (QED) is 0.658. The first kappa shape index (κ1) is 22.6. The summed E-state index contributed by atoms with van der Waals surface area (Å²) in [6.07, 6.45) is 1.50. The molecule has 8 nitrogen and oxygen atoms in total. The van der Waals surface area contributed by atoms with Crippen molar-refractivity contribution in [3.05, 3.63) is 53.6 Å². The van der Waals surface area contributed by atoms with Crippen LogP contribution in [-0.2, 0) is 20.2 Å². The van der Waals surface area contributed by atoms with Gasteiger partial charge in [0.25, 0.3) is 5.91 Å². The minimum Gasteiger partial charge on any atom is -0.454 e. The second-order valence-corrected chi connectivity index (χ2v) is 10.2. The number of sulfonamides is 1. The SMILES string of the molecule is CC(C)NS(=O)(=O)c1cccc(C(=O)NCC2(c3ccc4c(c3)OCO4)CCOCC2)c1. The van der Waals surface area contributed by atoms with Crippen LogP contribution in [-0.4, -0.2) is 46.9 Å². The van der Waals surface area contributed by atoms with E-state index in [-0.39, 0.29) is 29.1 Å². The first-order valence-electron chi connectivity index (χ1n) is 10.7. The van der Waals surface area contributed by atoms with Crippen molar-refractivity contribution in [3.8, 4) is 11.5 Å². The average Bonchev–Trinajstić information content (AvgIpc) is 3.25. The zero-order valence-corrected chi connectivity index (χ0v) is 19.0. The molecule has 0 saturated carbocycles. The number of hydrogen-bond donors (Lipinski definition) is 2. The van der Waals surface area contributed by atoms with Crippen molar-refractivity contribution in [1.29, 1.82) is 0 Å². The van der Waals surface area contributed by atoms with Crippen LogP contribution in [0.2, 0.25) is 0 Å². The summed E-state index contributed by atoms with van der Waals surface area (Å²) in [4.78, 5) is 13.0. The van der Waals surface area contributed by atoms with Gasteiger partial charge in [-0.1, -0.05) is 12.1 Å². The third kappa shape index (κ3) is 4.74. The predicted molar refractivity (Wildman–Crippen MR) is 119 cm³/mol. The van der Waals surface area contributed by atoms with Gasteiger partial charge in [0.05, 0.1) is 4.90 Å². The largest absolute Gasteiger partial charge is 0.454 e. The highest BCUT2D eigenvalue weighted by Gasteiger charge is 2.36. The molecule has 4 rings (SSSR count). The van der Waals surface area contributed by atoms with E-state index in [1.165, 1.54) is 12.1 Å². The van der Waals surface area contributed by atoms with Crippen molar-refractivity contribution >= 4 is 15.9 Å². The lowest BCUT2D eigenvalue weighted by Gasteiger charge is -2.38. The van der Waals surface area contributed by atoms with E-state index in [1.54, 1.807) is 26.0 Å². The molecule has 32 heavy (non-hydrogen) atoms. The summed E-state index contributed by atoms with van der Waals surface area (Å²) >= 11 is 0. The second-order valence-electron chi connectivity index (χ2n) is 8.45. The molecule has 0 spiro atoms. The number of nitrogens with one attached hydrogen (secondary N) is 2. The molecule has 0 bridgehead atoms. The number of amides is 1. The van der Waals surface area contributed by atoms with Gasteiger partial charge < -0.3 is 19.5 Å². The van der Waals surface area contributed by atoms with Gasteiger partial charge in [-0.2, -0.15) is 0 Å². The molecule has 2 aromatic rings. The fourth-order valence-corrected chi connectivity index (χ4v) is 5.39. The van der Waals surface area contributed by atoms with Crippen LogP contribution < -0.4 is 19.5 Å². The Balaban J connectivity index is 1.53. The van der Waals surface area contributed by atoms with E-state index in [2.05, 4.69) is 10.0 Å². The molecule has 2 aromatic carbocycles. The summed E-state index contributed by atoms with van der Waals surface area (Å²) in [6, 6.07) is 11.7. The minimum atomic E-state index is -3.68. The lowest BCUT2D eigenvalue weighted by atomic mass is 9.74. The van der Waals surface area contributed by atoms with Crippen LogP contribution in [0.25, 0.3) is 0 Å². The monoisotopic (exact) mass is 460 g/mol. The van der Waals surface area contributed by atoms with Gasteiger partial charge in [0.2, 0.25) is 16.8 Å². The molecule has 0 unspecified atom stereocenters. The second kappa shape index (κ2) is 9.09. The Morgan fingerprint density at radius 2 is 1.81 bits per heavy atom. The summed E-state index contributed by atoms with van der Waals surface area (Å²) in [6.45, 7) is 5.29. The van der Waals surface area contributed by atoms with E-state index in [1.807, 2.05) is 18.2 Å². The number of ether oxygens (including phenoxy) is 3. The maximum Gasteiger partial charge on any atom is 0.251 e. The van der Waals surface area contributed by atoms with Gasteiger partial charge in [-0.3, -0.25) is 4.79 Å². The molecule has 2 aliphatic rings. The van der Waals surface area contributed by atoms with Crippen LogP contribution in [0.3, 0.4) is 0 Å². The average molecular weight is 461 g/mol. The molecule has 0 radical (unpaired) electrons. The number of hydrogen-bond acceptors (Lipinski definition) is 6. The third-order valence-corrected chi connectivity index (χ3v) is 7.48. The number of rotatable bonds is 7. The highest BCUT2D eigenvalue weighted by molar-refractivity contribution is 7.89. The Morgan fingerprint density at radius 3 is 2.56 bits per heavy atom. The van der Waals surface area contributed by atoms with Gasteiger partial charge in [0.1, 0.15) is 0 Å². The van der Waals surface area contributed by atoms with E-state index < -0.39 is 10.0 Å². The molecular formula is C23H28N2O6S. The highest BCUT2D eigenvalue weighted by atomic mass is 32.2. The Bertz CT molecular complexity index is 1090. The van der Waals surface area contributed by atoms with Crippen molar-refractivity contribution in [2.24, 2.45) is 0 Å². The van der Waals surface area contributed by atoms with Gasteiger partial charge in [-0.15, -0.1) is 0 Å². The van der Waals surface area contributed by atoms with Crippen LogP contribution in [0.15, 0.2) is 47.4 Å². The number of carbonyl (C=O) groups is 1. The van der Waals surface area contributed by atoms with Gasteiger partial charge >= 0.3 is 0 Å². The van der Waals surface area contributed by atoms with Gasteiger partial charge in [0.15, 0.2) is 11.5 Å². The Hall–Kier alpha value is -2.62. The first-order valence-corrected chi connectivity index (χ1v) is 12.2. The maximum absolute atomic E-state index is 12.9. The smallest absolute Gasteiger partial charge is 0.251 e.